The molecule has 2 aromatic heterocycles. The van der Waals surface area contributed by atoms with Crippen molar-refractivity contribution in [2.24, 2.45) is 0 Å². The largest absolute Gasteiger partial charge is 0.337 e. The van der Waals surface area contributed by atoms with Gasteiger partial charge in [0.1, 0.15) is 0 Å². The van der Waals surface area contributed by atoms with Crippen molar-refractivity contribution >= 4 is 17.7 Å². The van der Waals surface area contributed by atoms with Crippen LogP contribution in [-0.2, 0) is 11.3 Å². The van der Waals surface area contributed by atoms with Crippen molar-refractivity contribution < 1.29 is 9.32 Å². The molecule has 0 aromatic carbocycles. The predicted molar refractivity (Wildman–Crippen MR) is 82.9 cm³/mol. The average Bonchev–Trinajstić information content (AvgIpc) is 3.16. The first kappa shape index (κ1) is 15.0. The van der Waals surface area contributed by atoms with Gasteiger partial charge in [-0.3, -0.25) is 14.7 Å². The van der Waals surface area contributed by atoms with E-state index in [1.165, 1.54) is 0 Å². The van der Waals surface area contributed by atoms with Crippen LogP contribution in [0.1, 0.15) is 5.89 Å². The number of carbonyl (C=O) groups excluding carboxylic acids is 1. The molecule has 2 aromatic rings. The number of pyridine rings is 1. The maximum atomic E-state index is 12.4. The summed E-state index contributed by atoms with van der Waals surface area (Å²) >= 11 is 1.76. The minimum absolute atomic E-state index is 0.0734. The zero-order valence-corrected chi connectivity index (χ0v) is 13.3. The lowest BCUT2D eigenvalue weighted by Crippen LogP contribution is -2.43. The Balaban J connectivity index is 1.66. The lowest BCUT2D eigenvalue weighted by molar-refractivity contribution is -0.134. The normalized spacial score (nSPS) is 18.5. The molecule has 1 fully saturated rings. The zero-order valence-electron chi connectivity index (χ0n) is 12.5. The summed E-state index contributed by atoms with van der Waals surface area (Å²) in [6.07, 6.45) is 3.36. The van der Waals surface area contributed by atoms with Gasteiger partial charge in [0.25, 0.3) is 0 Å². The molecular weight excluding hydrogens is 302 g/mol. The number of thioether (sulfide) groups is 1. The number of hydrogen-bond acceptors (Lipinski definition) is 7. The van der Waals surface area contributed by atoms with Crippen molar-refractivity contribution in [1.29, 1.82) is 0 Å². The van der Waals surface area contributed by atoms with Gasteiger partial charge in [-0.25, -0.2) is 0 Å². The molecule has 3 heterocycles. The quantitative estimate of drug-likeness (QED) is 0.835. The highest BCUT2D eigenvalue weighted by Gasteiger charge is 2.31. The summed E-state index contributed by atoms with van der Waals surface area (Å²) in [6.45, 7) is 0.307. The van der Waals surface area contributed by atoms with E-state index in [0.717, 1.165) is 17.2 Å². The smallest absolute Gasteiger partial charge is 0.246 e. The molecule has 0 radical (unpaired) electrons. The van der Waals surface area contributed by atoms with E-state index in [1.54, 1.807) is 36.1 Å². The summed E-state index contributed by atoms with van der Waals surface area (Å²) in [5.74, 6) is 2.69. The van der Waals surface area contributed by atoms with Crippen LogP contribution in [0.15, 0.2) is 29.0 Å². The lowest BCUT2D eigenvalue weighted by atomic mass is 10.2. The number of hydrogen-bond donors (Lipinski definition) is 0. The van der Waals surface area contributed by atoms with Gasteiger partial charge in [-0.1, -0.05) is 5.16 Å². The van der Waals surface area contributed by atoms with Crippen LogP contribution in [-0.4, -0.2) is 62.6 Å². The predicted octanol–water partition coefficient (Wildman–Crippen LogP) is 1.09. The first-order valence-electron chi connectivity index (χ1n) is 6.91. The molecule has 3 rings (SSSR count). The van der Waals surface area contributed by atoms with Crippen LogP contribution in [0.3, 0.4) is 0 Å². The molecule has 0 N–H and O–H groups in total. The van der Waals surface area contributed by atoms with Crippen LogP contribution >= 0.6 is 11.8 Å². The molecule has 8 heteroatoms. The number of amides is 1. The molecule has 0 saturated carbocycles. The first-order valence-corrected chi connectivity index (χ1v) is 8.06. The van der Waals surface area contributed by atoms with E-state index in [4.69, 9.17) is 4.52 Å². The van der Waals surface area contributed by atoms with Crippen LogP contribution in [0.4, 0.5) is 0 Å². The van der Waals surface area contributed by atoms with Gasteiger partial charge < -0.3 is 9.42 Å². The molecule has 7 nitrogen and oxygen atoms in total. The molecular formula is C14H17N5O2S. The number of carbonyl (C=O) groups is 1. The van der Waals surface area contributed by atoms with Gasteiger partial charge in [0, 0.05) is 36.6 Å². The molecule has 1 aliphatic heterocycles. The summed E-state index contributed by atoms with van der Waals surface area (Å²) in [7, 11) is 3.72. The fraction of sp³-hybridized carbons (Fsp3) is 0.429. The minimum atomic E-state index is -0.0734. The fourth-order valence-corrected chi connectivity index (χ4v) is 3.45. The second-order valence-electron chi connectivity index (χ2n) is 5.22. The Bertz CT molecular complexity index is 648. The van der Waals surface area contributed by atoms with Crippen molar-refractivity contribution in [3.8, 4) is 11.4 Å². The minimum Gasteiger partial charge on any atom is -0.337 e. The van der Waals surface area contributed by atoms with Crippen LogP contribution in [0, 0.1) is 0 Å². The Labute approximate surface area is 132 Å². The molecule has 0 aliphatic carbocycles. The van der Waals surface area contributed by atoms with Crippen molar-refractivity contribution in [3.63, 3.8) is 0 Å². The topological polar surface area (TPSA) is 75.4 Å². The lowest BCUT2D eigenvalue weighted by Gasteiger charge is -2.23. The number of likely N-dealkylation sites (N-methyl/N-ethyl adjacent to an activating group) is 2. The summed E-state index contributed by atoms with van der Waals surface area (Å²) < 4.78 is 5.23. The van der Waals surface area contributed by atoms with Gasteiger partial charge in [-0.05, 0) is 19.2 Å². The Morgan fingerprint density at radius 3 is 3.14 bits per heavy atom. The summed E-state index contributed by atoms with van der Waals surface area (Å²) in [6, 6.07) is 3.60. The van der Waals surface area contributed by atoms with E-state index in [-0.39, 0.29) is 11.9 Å². The third kappa shape index (κ3) is 3.12. The van der Waals surface area contributed by atoms with Gasteiger partial charge in [-0.15, -0.1) is 11.8 Å². The Kier molecular flexibility index (Phi) is 4.39. The van der Waals surface area contributed by atoms with Crippen molar-refractivity contribution in [2.45, 2.75) is 12.6 Å². The summed E-state index contributed by atoms with van der Waals surface area (Å²) in [5.41, 5.74) is 0.790. The highest BCUT2D eigenvalue weighted by atomic mass is 32.2. The second kappa shape index (κ2) is 6.45. The molecule has 1 saturated heterocycles. The van der Waals surface area contributed by atoms with E-state index < -0.39 is 0 Å². The van der Waals surface area contributed by atoms with E-state index in [9.17, 15) is 4.79 Å². The van der Waals surface area contributed by atoms with Crippen LogP contribution < -0.4 is 0 Å². The van der Waals surface area contributed by atoms with Gasteiger partial charge in [-0.2, -0.15) is 4.98 Å². The Morgan fingerprint density at radius 2 is 2.45 bits per heavy atom. The Morgan fingerprint density at radius 1 is 1.59 bits per heavy atom. The number of nitrogens with zero attached hydrogens (tertiary/aromatic N) is 5. The molecule has 1 atom stereocenters. The monoisotopic (exact) mass is 319 g/mol. The van der Waals surface area contributed by atoms with E-state index >= 15 is 0 Å². The first-order chi connectivity index (χ1) is 10.6. The van der Waals surface area contributed by atoms with Crippen molar-refractivity contribution in [1.82, 2.24) is 24.9 Å². The second-order valence-corrected chi connectivity index (χ2v) is 6.22. The van der Waals surface area contributed by atoms with Crippen molar-refractivity contribution in [3.05, 3.63) is 30.4 Å². The molecule has 0 unspecified atom stereocenters. The van der Waals surface area contributed by atoms with Gasteiger partial charge in [0.15, 0.2) is 0 Å². The molecule has 1 aliphatic rings. The Hall–Kier alpha value is -1.93. The van der Waals surface area contributed by atoms with E-state index in [2.05, 4.69) is 20.0 Å². The third-order valence-electron chi connectivity index (χ3n) is 3.52. The molecule has 0 bridgehead atoms. The van der Waals surface area contributed by atoms with Gasteiger partial charge in [0.05, 0.1) is 12.6 Å². The number of aromatic nitrogens is 3. The van der Waals surface area contributed by atoms with Crippen LogP contribution in [0.2, 0.25) is 0 Å². The summed E-state index contributed by atoms with van der Waals surface area (Å²) in [4.78, 5) is 24.4. The standard InChI is InChI=1S/C14H17N5O2S/c1-18(14(20)11-8-22-9-19(11)2)7-12-16-13(17-21-12)10-4-3-5-15-6-10/h3-6,11H,7-9H2,1-2H3/t11-/m0/s1. The highest BCUT2D eigenvalue weighted by Crippen LogP contribution is 2.21. The number of rotatable bonds is 4. The van der Waals surface area contributed by atoms with Crippen LogP contribution in [0.25, 0.3) is 11.4 Å². The fourth-order valence-electron chi connectivity index (χ4n) is 2.25. The van der Waals surface area contributed by atoms with E-state index in [0.29, 0.717) is 18.3 Å². The summed E-state index contributed by atoms with van der Waals surface area (Å²) in [5, 5.41) is 3.93. The molecule has 0 spiro atoms. The van der Waals surface area contributed by atoms with Crippen LogP contribution in [0.5, 0.6) is 0 Å². The third-order valence-corrected chi connectivity index (χ3v) is 4.67. The average molecular weight is 319 g/mol. The maximum absolute atomic E-state index is 12.4. The van der Waals surface area contributed by atoms with Crippen molar-refractivity contribution in [2.75, 3.05) is 25.7 Å². The van der Waals surface area contributed by atoms with E-state index in [1.807, 2.05) is 19.2 Å². The zero-order chi connectivity index (χ0) is 15.5. The SMILES string of the molecule is CN(Cc1nc(-c2cccnc2)no1)C(=O)[C@@H]1CSCN1C. The maximum Gasteiger partial charge on any atom is 0.246 e. The molecule has 22 heavy (non-hydrogen) atoms. The molecule has 116 valence electrons. The molecule has 1 amide bonds. The highest BCUT2D eigenvalue weighted by molar-refractivity contribution is 7.99. The van der Waals surface area contributed by atoms with Gasteiger partial charge in [0.2, 0.25) is 17.6 Å². The van der Waals surface area contributed by atoms with Gasteiger partial charge >= 0.3 is 0 Å².